The van der Waals surface area contributed by atoms with Crippen LogP contribution in [0.15, 0.2) is 16.8 Å². The van der Waals surface area contributed by atoms with Gasteiger partial charge in [0.05, 0.1) is 5.75 Å². The smallest absolute Gasteiger partial charge is 0.327 e. The number of carbonyl (C=O) groups excluding carboxylic acids is 1. The second kappa shape index (κ2) is 7.27. The second-order valence-electron chi connectivity index (χ2n) is 3.78. The predicted octanol–water partition coefficient (Wildman–Crippen LogP) is 0.629. The van der Waals surface area contributed by atoms with Crippen LogP contribution >= 0.6 is 11.3 Å². The number of rotatable bonds is 7. The molecule has 0 fully saturated rings. The molecule has 1 rings (SSSR count). The van der Waals surface area contributed by atoms with Crippen molar-refractivity contribution in [2.45, 2.75) is 19.4 Å². The van der Waals surface area contributed by atoms with E-state index in [0.29, 0.717) is 12.2 Å². The third kappa shape index (κ3) is 5.42. The van der Waals surface area contributed by atoms with E-state index in [1.165, 1.54) is 6.92 Å². The van der Waals surface area contributed by atoms with Crippen molar-refractivity contribution in [3.05, 3.63) is 22.4 Å². The average molecular weight is 289 g/mol. The zero-order chi connectivity index (χ0) is 13.5. The highest BCUT2D eigenvalue weighted by atomic mass is 32.2. The van der Waals surface area contributed by atoms with Gasteiger partial charge in [0.1, 0.15) is 6.04 Å². The Kier molecular flexibility index (Phi) is 6.00. The first kappa shape index (κ1) is 14.8. The molecule has 0 saturated carbocycles. The van der Waals surface area contributed by atoms with Crippen LogP contribution in [0.25, 0.3) is 0 Å². The van der Waals surface area contributed by atoms with Crippen molar-refractivity contribution in [1.29, 1.82) is 0 Å². The Morgan fingerprint density at radius 3 is 2.78 bits per heavy atom. The van der Waals surface area contributed by atoms with Crippen molar-refractivity contribution >= 4 is 34.0 Å². The number of carboxylic acid groups (broad SMARTS) is 1. The summed E-state index contributed by atoms with van der Waals surface area (Å²) in [6.07, 6.45) is 0.655. The zero-order valence-corrected chi connectivity index (χ0v) is 11.6. The predicted molar refractivity (Wildman–Crippen MR) is 71.1 cm³/mol. The van der Waals surface area contributed by atoms with E-state index in [0.717, 1.165) is 5.56 Å². The number of hydrogen-bond acceptors (Lipinski definition) is 4. The third-order valence-corrected chi connectivity index (χ3v) is 4.32. The highest BCUT2D eigenvalue weighted by Crippen LogP contribution is 2.07. The van der Waals surface area contributed by atoms with Gasteiger partial charge >= 0.3 is 5.97 Å². The molecular weight excluding hydrogens is 274 g/mol. The molecule has 100 valence electrons. The van der Waals surface area contributed by atoms with E-state index in [-0.39, 0.29) is 5.75 Å². The van der Waals surface area contributed by atoms with Crippen molar-refractivity contribution in [2.24, 2.45) is 0 Å². The minimum atomic E-state index is -1.26. The van der Waals surface area contributed by atoms with Crippen LogP contribution in [-0.2, 0) is 26.8 Å². The number of nitrogens with one attached hydrogen (secondary N) is 1. The Bertz CT molecular complexity index is 430. The van der Waals surface area contributed by atoms with Crippen molar-refractivity contribution in [3.63, 3.8) is 0 Å². The van der Waals surface area contributed by atoms with Gasteiger partial charge in [-0.1, -0.05) is 0 Å². The molecule has 0 saturated heterocycles. The van der Waals surface area contributed by atoms with Crippen LogP contribution in [0.2, 0.25) is 0 Å². The van der Waals surface area contributed by atoms with Gasteiger partial charge in [0.15, 0.2) is 0 Å². The standard InChI is InChI=1S/C11H15NO4S2/c1-8(13)12-10(11(14)15)7-18(16)5-3-9-2-4-17-6-9/h2,4,6,10H,3,5,7H2,1H3,(H,12,13)(H,14,15). The first-order valence-corrected chi connectivity index (χ1v) is 7.78. The number of hydrogen-bond donors (Lipinski definition) is 2. The van der Waals surface area contributed by atoms with Crippen LogP contribution in [0.1, 0.15) is 12.5 Å². The van der Waals surface area contributed by atoms with Gasteiger partial charge in [-0.2, -0.15) is 11.3 Å². The highest BCUT2D eigenvalue weighted by Gasteiger charge is 2.21. The molecule has 0 aliphatic rings. The van der Waals surface area contributed by atoms with Crippen molar-refractivity contribution < 1.29 is 18.9 Å². The van der Waals surface area contributed by atoms with Gasteiger partial charge in [0.25, 0.3) is 0 Å². The number of carboxylic acids is 1. The van der Waals surface area contributed by atoms with Gasteiger partial charge in [-0.3, -0.25) is 9.00 Å². The Labute approximate surface area is 112 Å². The van der Waals surface area contributed by atoms with Crippen LogP contribution in [-0.4, -0.2) is 38.7 Å². The van der Waals surface area contributed by atoms with Gasteiger partial charge in [-0.05, 0) is 28.8 Å². The maximum absolute atomic E-state index is 11.7. The van der Waals surface area contributed by atoms with Crippen LogP contribution in [0.3, 0.4) is 0 Å². The maximum atomic E-state index is 11.7. The molecule has 1 aromatic heterocycles. The Balaban J connectivity index is 2.41. The topological polar surface area (TPSA) is 83.5 Å². The minimum Gasteiger partial charge on any atom is -0.480 e. The summed E-state index contributed by atoms with van der Waals surface area (Å²) in [6, 6.07) is 0.871. The molecule has 0 radical (unpaired) electrons. The Morgan fingerprint density at radius 2 is 2.28 bits per heavy atom. The fourth-order valence-corrected chi connectivity index (χ4v) is 3.29. The fraction of sp³-hybridized carbons (Fsp3) is 0.455. The Hall–Kier alpha value is -1.21. The molecule has 0 bridgehead atoms. The molecule has 5 nitrogen and oxygen atoms in total. The lowest BCUT2D eigenvalue weighted by Crippen LogP contribution is -2.43. The van der Waals surface area contributed by atoms with Crippen molar-refractivity contribution in [1.82, 2.24) is 5.32 Å². The molecule has 1 heterocycles. The number of aliphatic carboxylic acids is 1. The second-order valence-corrected chi connectivity index (χ2v) is 6.18. The summed E-state index contributed by atoms with van der Waals surface area (Å²) >= 11 is 1.57. The molecule has 0 aromatic carbocycles. The Morgan fingerprint density at radius 1 is 1.56 bits per heavy atom. The molecule has 2 atom stereocenters. The highest BCUT2D eigenvalue weighted by molar-refractivity contribution is 7.85. The average Bonchev–Trinajstić information content (AvgIpc) is 2.77. The van der Waals surface area contributed by atoms with Gasteiger partial charge in [-0.25, -0.2) is 4.79 Å². The van der Waals surface area contributed by atoms with E-state index in [1.54, 1.807) is 11.3 Å². The molecule has 2 unspecified atom stereocenters. The van der Waals surface area contributed by atoms with Crippen molar-refractivity contribution in [3.8, 4) is 0 Å². The largest absolute Gasteiger partial charge is 0.480 e. The summed E-state index contributed by atoms with van der Waals surface area (Å²) < 4.78 is 11.7. The van der Waals surface area contributed by atoms with Gasteiger partial charge < -0.3 is 10.4 Å². The normalized spacial score (nSPS) is 13.8. The molecule has 1 aromatic rings. The minimum absolute atomic E-state index is 0.0565. The van der Waals surface area contributed by atoms with Crippen LogP contribution in [0, 0.1) is 0 Å². The summed E-state index contributed by atoms with van der Waals surface area (Å²) in [5, 5.41) is 15.1. The van der Waals surface area contributed by atoms with Crippen LogP contribution in [0.4, 0.5) is 0 Å². The molecule has 1 amide bonds. The molecule has 0 aliphatic heterocycles. The SMILES string of the molecule is CC(=O)NC(CS(=O)CCc1ccsc1)C(=O)O. The summed E-state index contributed by atoms with van der Waals surface area (Å²) in [4.78, 5) is 21.7. The maximum Gasteiger partial charge on any atom is 0.327 e. The van der Waals surface area contributed by atoms with Crippen LogP contribution in [0.5, 0.6) is 0 Å². The van der Waals surface area contributed by atoms with Gasteiger partial charge in [-0.15, -0.1) is 0 Å². The fourth-order valence-electron chi connectivity index (χ4n) is 1.36. The number of carbonyl (C=O) groups is 2. The lowest BCUT2D eigenvalue weighted by molar-refractivity contribution is -0.140. The first-order chi connectivity index (χ1) is 8.49. The summed E-state index contributed by atoms with van der Waals surface area (Å²) in [7, 11) is -1.26. The van der Waals surface area contributed by atoms with E-state index in [2.05, 4.69) is 5.32 Å². The molecule has 0 spiro atoms. The monoisotopic (exact) mass is 289 g/mol. The summed E-state index contributed by atoms with van der Waals surface area (Å²) in [6.45, 7) is 1.24. The molecule has 7 heteroatoms. The third-order valence-electron chi connectivity index (χ3n) is 2.23. The van der Waals surface area contributed by atoms with Gasteiger partial charge in [0.2, 0.25) is 5.91 Å². The summed E-state index contributed by atoms with van der Waals surface area (Å²) in [5.74, 6) is -1.24. The van der Waals surface area contributed by atoms with E-state index in [9.17, 15) is 13.8 Å². The molecule has 0 aliphatic carbocycles. The van der Waals surface area contributed by atoms with Gasteiger partial charge in [0, 0.05) is 23.5 Å². The van der Waals surface area contributed by atoms with E-state index >= 15 is 0 Å². The zero-order valence-electron chi connectivity index (χ0n) is 9.92. The van der Waals surface area contributed by atoms with Crippen LogP contribution < -0.4 is 5.32 Å². The quantitative estimate of drug-likeness (QED) is 0.771. The van der Waals surface area contributed by atoms with E-state index < -0.39 is 28.7 Å². The van der Waals surface area contributed by atoms with Crippen molar-refractivity contribution in [2.75, 3.05) is 11.5 Å². The first-order valence-electron chi connectivity index (χ1n) is 5.35. The molecule has 18 heavy (non-hydrogen) atoms. The molecular formula is C11H15NO4S2. The number of aryl methyl sites for hydroxylation is 1. The number of thiophene rings is 1. The summed E-state index contributed by atoms with van der Waals surface area (Å²) in [5.41, 5.74) is 1.10. The number of amides is 1. The van der Waals surface area contributed by atoms with E-state index in [4.69, 9.17) is 5.11 Å². The lowest BCUT2D eigenvalue weighted by Gasteiger charge is -2.12. The lowest BCUT2D eigenvalue weighted by atomic mass is 10.3. The molecule has 2 N–H and O–H groups in total. The van der Waals surface area contributed by atoms with E-state index in [1.807, 2.05) is 16.8 Å².